The number of pyridine rings is 1. The third-order valence-electron chi connectivity index (χ3n) is 2.02. The Balaban J connectivity index is 0.00000169. The van der Waals surface area contributed by atoms with Gasteiger partial charge in [-0.25, -0.2) is 4.68 Å². The molecule has 0 unspecified atom stereocenters. The van der Waals surface area contributed by atoms with Crippen LogP contribution in [0.2, 0.25) is 0 Å². The van der Waals surface area contributed by atoms with Crippen LogP contribution in [-0.2, 0) is 0 Å². The van der Waals surface area contributed by atoms with Crippen molar-refractivity contribution in [3.05, 3.63) is 27.0 Å². The minimum atomic E-state index is -0.740. The van der Waals surface area contributed by atoms with E-state index in [-0.39, 0.29) is 35.1 Å². The fraction of sp³-hybridized carbons (Fsp3) is 0.250. The SMILES string of the molecule is Cc1c(C)c([O-])n(N)c(=O)c1C#N.[Na+]. The number of nitrogens with zero attached hydrogens (tertiary/aromatic N) is 2. The van der Waals surface area contributed by atoms with E-state index in [0.29, 0.717) is 15.8 Å². The molecule has 1 aromatic heterocycles. The summed E-state index contributed by atoms with van der Waals surface area (Å²) in [4.78, 5) is 11.2. The Labute approximate surface area is 103 Å². The second-order valence-electron chi connectivity index (χ2n) is 2.72. The molecule has 1 heterocycles. The number of aromatic nitrogens is 1. The Hall–Kier alpha value is -0.960. The van der Waals surface area contributed by atoms with Crippen molar-refractivity contribution in [2.24, 2.45) is 0 Å². The van der Waals surface area contributed by atoms with Gasteiger partial charge in [0, 0.05) is 0 Å². The molecule has 0 atom stereocenters. The van der Waals surface area contributed by atoms with Gasteiger partial charge in [0.15, 0.2) is 0 Å². The fourth-order valence-electron chi connectivity index (χ4n) is 1.03. The van der Waals surface area contributed by atoms with Crippen molar-refractivity contribution in [1.29, 1.82) is 5.26 Å². The Kier molecular flexibility index (Phi) is 4.20. The van der Waals surface area contributed by atoms with E-state index in [1.54, 1.807) is 13.0 Å². The molecule has 0 saturated heterocycles. The monoisotopic (exact) mass is 201 g/mol. The molecule has 14 heavy (non-hydrogen) atoms. The number of hydrogen-bond acceptors (Lipinski definition) is 4. The van der Waals surface area contributed by atoms with Gasteiger partial charge in [-0.05, 0) is 30.9 Å². The number of nitrogen functional groups attached to an aromatic ring is 1. The first-order valence-corrected chi connectivity index (χ1v) is 3.59. The predicted octanol–water partition coefficient (Wildman–Crippen LogP) is -3.87. The van der Waals surface area contributed by atoms with Crippen LogP contribution < -0.4 is 46.1 Å². The smallest absolute Gasteiger partial charge is 0.858 e. The van der Waals surface area contributed by atoms with Crippen molar-refractivity contribution in [2.75, 3.05) is 5.84 Å². The largest absolute Gasteiger partial charge is 1.00 e. The van der Waals surface area contributed by atoms with Gasteiger partial charge < -0.3 is 10.9 Å². The van der Waals surface area contributed by atoms with Crippen molar-refractivity contribution in [1.82, 2.24) is 4.68 Å². The summed E-state index contributed by atoms with van der Waals surface area (Å²) >= 11 is 0. The van der Waals surface area contributed by atoms with Crippen molar-refractivity contribution >= 4 is 0 Å². The quantitative estimate of drug-likeness (QED) is 0.343. The minimum Gasteiger partial charge on any atom is -0.858 e. The molecule has 68 valence electrons. The van der Waals surface area contributed by atoms with E-state index in [2.05, 4.69) is 0 Å². The van der Waals surface area contributed by atoms with Crippen molar-refractivity contribution in [2.45, 2.75) is 13.8 Å². The molecule has 0 saturated carbocycles. The van der Waals surface area contributed by atoms with Crippen LogP contribution in [0.3, 0.4) is 0 Å². The molecule has 5 nitrogen and oxygen atoms in total. The molecule has 2 N–H and O–H groups in total. The first-order valence-electron chi connectivity index (χ1n) is 3.59. The first kappa shape index (κ1) is 13.0. The van der Waals surface area contributed by atoms with Crippen LogP contribution in [0.5, 0.6) is 5.88 Å². The van der Waals surface area contributed by atoms with Crippen molar-refractivity contribution in [3.63, 3.8) is 0 Å². The van der Waals surface area contributed by atoms with Gasteiger partial charge in [-0.1, -0.05) is 0 Å². The van der Waals surface area contributed by atoms with Crippen LogP contribution in [0.4, 0.5) is 0 Å². The molecule has 0 spiro atoms. The maximum Gasteiger partial charge on any atom is 1.00 e. The average Bonchev–Trinajstić information content (AvgIpc) is 2.13. The summed E-state index contributed by atoms with van der Waals surface area (Å²) in [6.07, 6.45) is 0. The van der Waals surface area contributed by atoms with E-state index < -0.39 is 11.4 Å². The van der Waals surface area contributed by atoms with Gasteiger partial charge in [0.05, 0.1) is 0 Å². The molecule has 1 aromatic rings. The maximum atomic E-state index is 11.2. The summed E-state index contributed by atoms with van der Waals surface area (Å²) in [5.74, 6) is 4.61. The van der Waals surface area contributed by atoms with Crippen LogP contribution in [0.25, 0.3) is 0 Å². The van der Waals surface area contributed by atoms with E-state index in [0.717, 1.165) is 0 Å². The fourth-order valence-corrected chi connectivity index (χ4v) is 1.03. The standard InChI is InChI=1S/C8H9N3O2.Na/c1-4-5(2)7(12)11(10)8(13)6(4)3-9;/h12H,10H2,1-2H3;/q;+1/p-1. The van der Waals surface area contributed by atoms with Crippen LogP contribution in [-0.4, -0.2) is 4.68 Å². The molecule has 0 aromatic carbocycles. The molecule has 0 bridgehead atoms. The number of rotatable bonds is 0. The van der Waals surface area contributed by atoms with Gasteiger partial charge in [-0.3, -0.25) is 4.79 Å². The third-order valence-corrected chi connectivity index (χ3v) is 2.02. The number of nitriles is 1. The first-order chi connectivity index (χ1) is 6.00. The topological polar surface area (TPSA) is 94.9 Å². The number of hydrogen-bond donors (Lipinski definition) is 1. The Bertz CT molecular complexity index is 459. The molecule has 0 aliphatic heterocycles. The third kappa shape index (κ3) is 1.77. The van der Waals surface area contributed by atoms with Gasteiger partial charge in [0.2, 0.25) is 0 Å². The Morgan fingerprint density at radius 2 is 1.93 bits per heavy atom. The van der Waals surface area contributed by atoms with Gasteiger partial charge in [0.25, 0.3) is 5.56 Å². The Morgan fingerprint density at radius 1 is 1.43 bits per heavy atom. The summed E-state index contributed by atoms with van der Waals surface area (Å²) in [7, 11) is 0. The van der Waals surface area contributed by atoms with Crippen LogP contribution in [0, 0.1) is 25.2 Å². The van der Waals surface area contributed by atoms with Gasteiger partial charge in [-0.15, -0.1) is 0 Å². The van der Waals surface area contributed by atoms with Gasteiger partial charge in [0.1, 0.15) is 11.6 Å². The molecular formula is C8H8N3NaO2. The zero-order chi connectivity index (χ0) is 10.2. The van der Waals surface area contributed by atoms with E-state index in [9.17, 15) is 9.90 Å². The normalized spacial score (nSPS) is 8.93. The summed E-state index contributed by atoms with van der Waals surface area (Å²) in [6.45, 7) is 3.08. The summed E-state index contributed by atoms with van der Waals surface area (Å²) in [6, 6.07) is 1.72. The van der Waals surface area contributed by atoms with E-state index >= 15 is 0 Å². The second-order valence-corrected chi connectivity index (χ2v) is 2.72. The molecular weight excluding hydrogens is 193 g/mol. The van der Waals surface area contributed by atoms with Crippen molar-refractivity contribution < 1.29 is 34.7 Å². The summed E-state index contributed by atoms with van der Waals surface area (Å²) in [5, 5.41) is 19.8. The molecule has 0 radical (unpaired) electrons. The average molecular weight is 201 g/mol. The van der Waals surface area contributed by atoms with Crippen LogP contribution in [0.1, 0.15) is 16.7 Å². The minimum absolute atomic E-state index is 0. The zero-order valence-corrected chi connectivity index (χ0v) is 10.3. The predicted molar refractivity (Wildman–Crippen MR) is 44.5 cm³/mol. The number of nitrogens with two attached hydrogens (primary N) is 1. The van der Waals surface area contributed by atoms with Gasteiger partial charge in [-0.2, -0.15) is 5.26 Å². The molecule has 0 aliphatic rings. The van der Waals surface area contributed by atoms with Gasteiger partial charge >= 0.3 is 29.6 Å². The summed E-state index contributed by atoms with van der Waals surface area (Å²) in [5.41, 5.74) is -0.0759. The molecule has 0 fully saturated rings. The van der Waals surface area contributed by atoms with E-state index in [1.807, 2.05) is 0 Å². The maximum absolute atomic E-state index is 11.2. The van der Waals surface area contributed by atoms with E-state index in [1.165, 1.54) is 6.92 Å². The van der Waals surface area contributed by atoms with Crippen LogP contribution >= 0.6 is 0 Å². The molecule has 0 aliphatic carbocycles. The Morgan fingerprint density at radius 3 is 2.36 bits per heavy atom. The second kappa shape index (κ2) is 4.51. The summed E-state index contributed by atoms with van der Waals surface area (Å²) < 4.78 is 0.459. The zero-order valence-electron chi connectivity index (χ0n) is 8.29. The van der Waals surface area contributed by atoms with E-state index in [4.69, 9.17) is 11.1 Å². The van der Waals surface area contributed by atoms with Crippen LogP contribution in [0.15, 0.2) is 4.79 Å². The van der Waals surface area contributed by atoms with Crippen molar-refractivity contribution in [3.8, 4) is 11.9 Å². The molecule has 1 rings (SSSR count). The molecule has 0 amide bonds. The molecule has 6 heteroatoms.